The second-order valence-electron chi connectivity index (χ2n) is 8.60. The van der Waals surface area contributed by atoms with Gasteiger partial charge in [-0.15, -0.1) is 0 Å². The van der Waals surface area contributed by atoms with Crippen LogP contribution in [-0.2, 0) is 17.9 Å². The lowest BCUT2D eigenvalue weighted by Crippen LogP contribution is -2.50. The summed E-state index contributed by atoms with van der Waals surface area (Å²) < 4.78 is 2.12. The molecule has 5 nitrogen and oxygen atoms in total. The van der Waals surface area contributed by atoms with Gasteiger partial charge in [0.15, 0.2) is 0 Å². The Kier molecular flexibility index (Phi) is 7.12. The number of carbonyl (C=O) groups is 1. The van der Waals surface area contributed by atoms with Crippen molar-refractivity contribution in [3.8, 4) is 11.1 Å². The van der Waals surface area contributed by atoms with Gasteiger partial charge in [-0.25, -0.2) is 4.98 Å². The van der Waals surface area contributed by atoms with E-state index < -0.39 is 0 Å². The van der Waals surface area contributed by atoms with Crippen LogP contribution in [0.15, 0.2) is 79.3 Å². The predicted octanol–water partition coefficient (Wildman–Crippen LogP) is 6.41. The lowest BCUT2D eigenvalue weighted by Gasteiger charge is -2.34. The molecule has 2 heterocycles. The van der Waals surface area contributed by atoms with Crippen molar-refractivity contribution in [1.29, 1.82) is 0 Å². The van der Waals surface area contributed by atoms with Crippen LogP contribution in [0.1, 0.15) is 11.3 Å². The van der Waals surface area contributed by atoms with E-state index in [0.717, 1.165) is 34.6 Å². The summed E-state index contributed by atoms with van der Waals surface area (Å²) in [6.07, 6.45) is 3.71. The first-order valence-corrected chi connectivity index (χ1v) is 12.4. The van der Waals surface area contributed by atoms with Gasteiger partial charge in [-0.3, -0.25) is 9.69 Å². The summed E-state index contributed by atoms with van der Waals surface area (Å²) in [4.78, 5) is 21.1. The van der Waals surface area contributed by atoms with E-state index in [4.69, 9.17) is 34.8 Å². The number of anilines is 1. The Bertz CT molecular complexity index is 1330. The smallest absolute Gasteiger partial charge is 0.241 e. The zero-order valence-corrected chi connectivity index (χ0v) is 21.1. The summed E-state index contributed by atoms with van der Waals surface area (Å²) >= 11 is 18.4. The monoisotopic (exact) mass is 524 g/mol. The number of aromatic nitrogens is 2. The largest absolute Gasteiger partial charge is 0.329 e. The molecule has 1 aromatic heterocycles. The average Bonchev–Trinajstić information content (AvgIpc) is 3.25. The van der Waals surface area contributed by atoms with E-state index in [2.05, 4.69) is 38.7 Å². The number of imidazole rings is 1. The van der Waals surface area contributed by atoms with E-state index in [1.54, 1.807) is 11.0 Å². The minimum Gasteiger partial charge on any atom is -0.329 e. The van der Waals surface area contributed by atoms with Crippen molar-refractivity contribution >= 4 is 46.4 Å². The molecular formula is C27H23Cl3N4O. The van der Waals surface area contributed by atoms with E-state index in [9.17, 15) is 4.79 Å². The van der Waals surface area contributed by atoms with Gasteiger partial charge in [-0.05, 0) is 53.1 Å². The Balaban J connectivity index is 1.23. The van der Waals surface area contributed by atoms with Gasteiger partial charge in [0.1, 0.15) is 0 Å². The van der Waals surface area contributed by atoms with E-state index in [0.29, 0.717) is 41.2 Å². The van der Waals surface area contributed by atoms with E-state index >= 15 is 0 Å². The number of halogens is 3. The molecule has 178 valence electrons. The Morgan fingerprint density at radius 2 is 1.57 bits per heavy atom. The van der Waals surface area contributed by atoms with Gasteiger partial charge in [0.05, 0.1) is 18.6 Å². The lowest BCUT2D eigenvalue weighted by molar-refractivity contribution is -0.121. The van der Waals surface area contributed by atoms with Crippen LogP contribution in [-0.4, -0.2) is 40.0 Å². The number of piperazine rings is 1. The van der Waals surface area contributed by atoms with Gasteiger partial charge in [-0.2, -0.15) is 0 Å². The SMILES string of the molecule is O=C1CN(Cc2cncn2Cc2ccc(-c3cc(Cl)cc(Cl)c3)cc2)CCN1c1cccc(Cl)c1. The van der Waals surface area contributed by atoms with E-state index in [-0.39, 0.29) is 5.91 Å². The quantitative estimate of drug-likeness (QED) is 0.292. The molecule has 3 aromatic carbocycles. The van der Waals surface area contributed by atoms with Crippen molar-refractivity contribution in [3.63, 3.8) is 0 Å². The maximum absolute atomic E-state index is 12.8. The molecule has 1 saturated heterocycles. The number of rotatable bonds is 6. The van der Waals surface area contributed by atoms with E-state index in [1.165, 1.54) is 0 Å². The topological polar surface area (TPSA) is 41.4 Å². The zero-order valence-electron chi connectivity index (χ0n) is 18.9. The molecule has 0 N–H and O–H groups in total. The Morgan fingerprint density at radius 3 is 2.29 bits per heavy atom. The second kappa shape index (κ2) is 10.4. The molecular weight excluding hydrogens is 503 g/mol. The number of carbonyl (C=O) groups excluding carboxylic acids is 1. The Hall–Kier alpha value is -2.83. The molecule has 1 aliphatic rings. The number of benzene rings is 3. The average molecular weight is 526 g/mol. The van der Waals surface area contributed by atoms with Crippen LogP contribution in [0.3, 0.4) is 0 Å². The molecule has 5 rings (SSSR count). The highest BCUT2D eigenvalue weighted by atomic mass is 35.5. The summed E-state index contributed by atoms with van der Waals surface area (Å²) in [5, 5.41) is 1.86. The number of amides is 1. The molecule has 4 aromatic rings. The standard InChI is InChI=1S/C27H23Cl3N4O/c28-22-2-1-3-25(13-22)34-9-8-32(17-27(34)35)16-26-14-31-18-33(26)15-19-4-6-20(7-5-19)21-10-23(29)12-24(30)11-21/h1-7,10-14,18H,8-9,15-17H2. The van der Waals surface area contributed by atoms with Crippen LogP contribution in [0.2, 0.25) is 15.1 Å². The number of nitrogens with zero attached hydrogens (tertiary/aromatic N) is 4. The van der Waals surface area contributed by atoms with E-state index in [1.807, 2.05) is 48.9 Å². The molecule has 0 spiro atoms. The summed E-state index contributed by atoms with van der Waals surface area (Å²) in [5.41, 5.74) is 5.11. The van der Waals surface area contributed by atoms with Crippen LogP contribution in [0.4, 0.5) is 5.69 Å². The summed E-state index contributed by atoms with van der Waals surface area (Å²) in [6.45, 7) is 3.12. The fourth-order valence-electron chi connectivity index (χ4n) is 4.34. The molecule has 0 radical (unpaired) electrons. The Labute approximate surface area is 219 Å². The minimum atomic E-state index is 0.0706. The number of hydrogen-bond acceptors (Lipinski definition) is 3. The molecule has 1 fully saturated rings. The van der Waals surface area contributed by atoms with Crippen molar-refractivity contribution in [1.82, 2.24) is 14.5 Å². The maximum Gasteiger partial charge on any atom is 0.241 e. The highest BCUT2D eigenvalue weighted by Gasteiger charge is 2.25. The summed E-state index contributed by atoms with van der Waals surface area (Å²) in [5.74, 6) is 0.0706. The van der Waals surface area contributed by atoms with Gasteiger partial charge >= 0.3 is 0 Å². The van der Waals surface area contributed by atoms with Crippen LogP contribution in [0.5, 0.6) is 0 Å². The molecule has 8 heteroatoms. The zero-order chi connectivity index (χ0) is 24.4. The van der Waals surface area contributed by atoms with Gasteiger partial charge in [0.2, 0.25) is 5.91 Å². The minimum absolute atomic E-state index is 0.0706. The highest BCUT2D eigenvalue weighted by molar-refractivity contribution is 6.35. The molecule has 0 unspecified atom stereocenters. The fourth-order valence-corrected chi connectivity index (χ4v) is 5.06. The first kappa shape index (κ1) is 23.9. The third-order valence-corrected chi connectivity index (χ3v) is 6.78. The highest BCUT2D eigenvalue weighted by Crippen LogP contribution is 2.28. The van der Waals surface area contributed by atoms with Crippen LogP contribution in [0.25, 0.3) is 11.1 Å². The molecule has 0 aliphatic carbocycles. The van der Waals surface area contributed by atoms with Gasteiger partial charge in [0, 0.05) is 53.1 Å². The third-order valence-electron chi connectivity index (χ3n) is 6.11. The Morgan fingerprint density at radius 1 is 0.800 bits per heavy atom. The second-order valence-corrected chi connectivity index (χ2v) is 9.91. The first-order chi connectivity index (χ1) is 16.9. The lowest BCUT2D eigenvalue weighted by atomic mass is 10.0. The maximum atomic E-state index is 12.8. The number of hydrogen-bond donors (Lipinski definition) is 0. The van der Waals surface area contributed by atoms with Gasteiger partial charge in [-0.1, -0.05) is 65.1 Å². The molecule has 0 saturated carbocycles. The van der Waals surface area contributed by atoms with Gasteiger partial charge < -0.3 is 9.47 Å². The van der Waals surface area contributed by atoms with Crippen molar-refractivity contribution in [2.75, 3.05) is 24.5 Å². The van der Waals surface area contributed by atoms with Crippen molar-refractivity contribution in [2.24, 2.45) is 0 Å². The van der Waals surface area contributed by atoms with Crippen molar-refractivity contribution < 1.29 is 4.79 Å². The molecule has 1 aliphatic heterocycles. The molecule has 0 bridgehead atoms. The first-order valence-electron chi connectivity index (χ1n) is 11.3. The van der Waals surface area contributed by atoms with Crippen molar-refractivity contribution in [2.45, 2.75) is 13.1 Å². The van der Waals surface area contributed by atoms with Crippen molar-refractivity contribution in [3.05, 3.63) is 106 Å². The van der Waals surface area contributed by atoms with Crippen LogP contribution >= 0.6 is 34.8 Å². The molecule has 35 heavy (non-hydrogen) atoms. The van der Waals surface area contributed by atoms with Crippen LogP contribution in [0, 0.1) is 0 Å². The molecule has 1 amide bonds. The van der Waals surface area contributed by atoms with Crippen LogP contribution < -0.4 is 4.90 Å². The summed E-state index contributed by atoms with van der Waals surface area (Å²) in [7, 11) is 0. The fraction of sp³-hybridized carbons (Fsp3) is 0.185. The van der Waals surface area contributed by atoms with Gasteiger partial charge in [0.25, 0.3) is 0 Å². The normalized spacial score (nSPS) is 14.5. The molecule has 0 atom stereocenters. The predicted molar refractivity (Wildman–Crippen MR) is 142 cm³/mol. The summed E-state index contributed by atoms with van der Waals surface area (Å²) in [6, 6.07) is 21.3. The third kappa shape index (κ3) is 5.71.